The predicted octanol–water partition coefficient (Wildman–Crippen LogP) is 5.26. The lowest BCUT2D eigenvalue weighted by molar-refractivity contribution is 0.281. The van der Waals surface area contributed by atoms with Gasteiger partial charge in [-0.05, 0) is 72.1 Å². The van der Waals surface area contributed by atoms with E-state index in [4.69, 9.17) is 4.74 Å². The normalized spacial score (nSPS) is 25.3. The van der Waals surface area contributed by atoms with Crippen LogP contribution in [0.1, 0.15) is 48.1 Å². The van der Waals surface area contributed by atoms with Crippen molar-refractivity contribution in [2.45, 2.75) is 44.3 Å². The van der Waals surface area contributed by atoms with Crippen molar-refractivity contribution in [1.82, 2.24) is 4.98 Å². The molecule has 0 aliphatic heterocycles. The van der Waals surface area contributed by atoms with E-state index in [-0.39, 0.29) is 12.0 Å². The number of pyridine rings is 1. The van der Waals surface area contributed by atoms with Crippen LogP contribution in [-0.2, 0) is 18.6 Å². The van der Waals surface area contributed by atoms with Crippen LogP contribution in [0.5, 0.6) is 5.75 Å². The van der Waals surface area contributed by atoms with Crippen LogP contribution in [-0.4, -0.2) is 10.1 Å². The van der Waals surface area contributed by atoms with E-state index in [1.165, 1.54) is 36.8 Å². The van der Waals surface area contributed by atoms with Crippen molar-refractivity contribution >= 4 is 0 Å². The van der Waals surface area contributed by atoms with Crippen molar-refractivity contribution < 1.29 is 9.84 Å². The van der Waals surface area contributed by atoms with Gasteiger partial charge in [0.15, 0.2) is 0 Å². The molecular formula is C26H27NO2. The third-order valence-corrected chi connectivity index (χ3v) is 6.98. The Morgan fingerprint density at radius 3 is 2.28 bits per heavy atom. The average Bonchev–Trinajstić information content (AvgIpc) is 3.41. The van der Waals surface area contributed by atoms with E-state index in [1.54, 1.807) is 6.20 Å². The number of aliphatic hydroxyl groups is 1. The van der Waals surface area contributed by atoms with Gasteiger partial charge in [0.2, 0.25) is 0 Å². The quantitative estimate of drug-likeness (QED) is 0.629. The van der Waals surface area contributed by atoms with Crippen LogP contribution in [0.3, 0.4) is 0 Å². The van der Waals surface area contributed by atoms with Gasteiger partial charge in [-0.15, -0.1) is 0 Å². The first kappa shape index (κ1) is 18.4. The van der Waals surface area contributed by atoms with E-state index in [2.05, 4.69) is 53.5 Å². The molecule has 2 saturated carbocycles. The molecule has 5 rings (SSSR count). The molecule has 0 radical (unpaired) electrons. The molecule has 3 aromatic rings. The monoisotopic (exact) mass is 385 g/mol. The molecule has 2 aliphatic rings. The largest absolute Gasteiger partial charge is 0.487 e. The fourth-order valence-electron chi connectivity index (χ4n) is 5.60. The number of nitrogens with zero attached hydrogens (tertiary/aromatic N) is 1. The van der Waals surface area contributed by atoms with Crippen LogP contribution < -0.4 is 4.74 Å². The standard InChI is InChI=1S/C26H27NO2/c28-17-19-4-7-21(8-5-19)26(16-20-6-9-23(26)15-20)22-10-12-25(13-11-22)29-18-24-3-1-2-14-27-24/h1-5,7-8,10-14,20,23,28H,6,9,15-18H2/t20?,23?,26-/m0/s1. The first-order chi connectivity index (χ1) is 14.3. The maximum absolute atomic E-state index is 9.43. The zero-order valence-corrected chi connectivity index (χ0v) is 16.6. The molecule has 2 unspecified atom stereocenters. The zero-order chi connectivity index (χ0) is 19.7. The van der Waals surface area contributed by atoms with Crippen molar-refractivity contribution in [3.63, 3.8) is 0 Å². The summed E-state index contributed by atoms with van der Waals surface area (Å²) in [6.07, 6.45) is 7.03. The van der Waals surface area contributed by atoms with Crippen molar-refractivity contribution in [3.05, 3.63) is 95.3 Å². The topological polar surface area (TPSA) is 42.4 Å². The Morgan fingerprint density at radius 2 is 1.69 bits per heavy atom. The summed E-state index contributed by atoms with van der Waals surface area (Å²) in [4.78, 5) is 4.32. The first-order valence-electron chi connectivity index (χ1n) is 10.6. The summed E-state index contributed by atoms with van der Waals surface area (Å²) >= 11 is 0. The molecular weight excluding hydrogens is 358 g/mol. The Morgan fingerprint density at radius 1 is 0.931 bits per heavy atom. The van der Waals surface area contributed by atoms with Gasteiger partial charge in [-0.2, -0.15) is 0 Å². The van der Waals surface area contributed by atoms with Crippen LogP contribution in [0, 0.1) is 11.8 Å². The van der Waals surface area contributed by atoms with Crippen LogP contribution in [0.2, 0.25) is 0 Å². The Bertz CT molecular complexity index is 952. The van der Waals surface area contributed by atoms with Crippen molar-refractivity contribution in [2.75, 3.05) is 0 Å². The molecule has 2 aromatic carbocycles. The van der Waals surface area contributed by atoms with Gasteiger partial charge >= 0.3 is 0 Å². The van der Waals surface area contributed by atoms with Crippen molar-refractivity contribution in [3.8, 4) is 5.75 Å². The van der Waals surface area contributed by atoms with Gasteiger partial charge in [-0.3, -0.25) is 4.98 Å². The van der Waals surface area contributed by atoms with Crippen LogP contribution in [0.25, 0.3) is 0 Å². The number of aliphatic hydroxyl groups excluding tert-OH is 1. The Balaban J connectivity index is 1.42. The molecule has 0 amide bonds. The smallest absolute Gasteiger partial charge is 0.130 e. The minimum Gasteiger partial charge on any atom is -0.487 e. The zero-order valence-electron chi connectivity index (χ0n) is 16.6. The minimum atomic E-state index is 0.0937. The summed E-state index contributed by atoms with van der Waals surface area (Å²) in [6.45, 7) is 0.584. The number of aromatic nitrogens is 1. The second kappa shape index (κ2) is 7.64. The van der Waals surface area contributed by atoms with Crippen molar-refractivity contribution in [1.29, 1.82) is 0 Å². The molecule has 2 bridgehead atoms. The number of benzene rings is 2. The number of fused-ring (bicyclic) bond motifs is 2. The second-order valence-corrected chi connectivity index (χ2v) is 8.54. The van der Waals surface area contributed by atoms with Gasteiger partial charge in [0.25, 0.3) is 0 Å². The van der Waals surface area contributed by atoms with Gasteiger partial charge in [0, 0.05) is 11.6 Å². The number of hydrogen-bond acceptors (Lipinski definition) is 3. The molecule has 2 fully saturated rings. The molecule has 3 nitrogen and oxygen atoms in total. The molecule has 0 saturated heterocycles. The van der Waals surface area contributed by atoms with Crippen molar-refractivity contribution in [2.24, 2.45) is 11.8 Å². The molecule has 3 atom stereocenters. The van der Waals surface area contributed by atoms with E-state index in [9.17, 15) is 5.11 Å². The summed E-state index contributed by atoms with van der Waals surface area (Å²) in [5.74, 6) is 2.42. The van der Waals surface area contributed by atoms with E-state index >= 15 is 0 Å². The molecule has 29 heavy (non-hydrogen) atoms. The molecule has 3 heteroatoms. The third kappa shape index (κ3) is 3.34. The third-order valence-electron chi connectivity index (χ3n) is 6.98. The highest BCUT2D eigenvalue weighted by Crippen LogP contribution is 2.60. The molecule has 148 valence electrons. The van der Waals surface area contributed by atoms with E-state index in [1.807, 2.05) is 18.2 Å². The lowest BCUT2D eigenvalue weighted by Gasteiger charge is -2.39. The van der Waals surface area contributed by atoms with Crippen LogP contribution in [0.15, 0.2) is 72.9 Å². The highest BCUT2D eigenvalue weighted by Gasteiger charge is 2.52. The highest BCUT2D eigenvalue weighted by atomic mass is 16.5. The SMILES string of the molecule is OCc1ccc([C@]2(c3ccc(OCc4ccccn4)cc3)CC3CCC2C3)cc1. The predicted molar refractivity (Wildman–Crippen MR) is 114 cm³/mol. The molecule has 1 N–H and O–H groups in total. The maximum Gasteiger partial charge on any atom is 0.130 e. The van der Waals surface area contributed by atoms with Gasteiger partial charge in [-0.1, -0.05) is 48.9 Å². The number of hydrogen-bond donors (Lipinski definition) is 1. The summed E-state index contributed by atoms with van der Waals surface area (Å²) in [5.41, 5.74) is 4.79. The minimum absolute atomic E-state index is 0.0937. The van der Waals surface area contributed by atoms with E-state index in [0.717, 1.165) is 22.9 Å². The van der Waals surface area contributed by atoms with Crippen LogP contribution in [0.4, 0.5) is 0 Å². The fraction of sp³-hybridized carbons (Fsp3) is 0.346. The summed E-state index contributed by atoms with van der Waals surface area (Å²) < 4.78 is 5.95. The Labute approximate surface area is 172 Å². The molecule has 0 spiro atoms. The van der Waals surface area contributed by atoms with Gasteiger partial charge in [-0.25, -0.2) is 0 Å². The Kier molecular flexibility index (Phi) is 4.84. The number of rotatable bonds is 6. The Hall–Kier alpha value is -2.65. The van der Waals surface area contributed by atoms with Gasteiger partial charge in [0.05, 0.1) is 12.3 Å². The molecule has 2 aliphatic carbocycles. The average molecular weight is 386 g/mol. The first-order valence-corrected chi connectivity index (χ1v) is 10.6. The lowest BCUT2D eigenvalue weighted by Crippen LogP contribution is -2.34. The van der Waals surface area contributed by atoms with E-state index < -0.39 is 0 Å². The maximum atomic E-state index is 9.43. The molecule has 1 heterocycles. The second-order valence-electron chi connectivity index (χ2n) is 8.54. The molecule has 1 aromatic heterocycles. The summed E-state index contributed by atoms with van der Waals surface area (Å²) in [6, 6.07) is 23.2. The summed E-state index contributed by atoms with van der Waals surface area (Å²) in [7, 11) is 0. The van der Waals surface area contributed by atoms with E-state index in [0.29, 0.717) is 12.5 Å². The fourth-order valence-corrected chi connectivity index (χ4v) is 5.60. The van der Waals surface area contributed by atoms with Gasteiger partial charge < -0.3 is 9.84 Å². The highest BCUT2D eigenvalue weighted by molar-refractivity contribution is 5.45. The summed E-state index contributed by atoms with van der Waals surface area (Å²) in [5, 5.41) is 9.43. The van der Waals surface area contributed by atoms with Crippen LogP contribution >= 0.6 is 0 Å². The lowest BCUT2D eigenvalue weighted by atomic mass is 9.64. The van der Waals surface area contributed by atoms with Gasteiger partial charge in [0.1, 0.15) is 12.4 Å². The number of ether oxygens (including phenoxy) is 1.